The number of hydrogen-bond acceptors (Lipinski definition) is 5. The predicted molar refractivity (Wildman–Crippen MR) is 125 cm³/mol. The number of thiazole rings is 1. The van der Waals surface area contributed by atoms with Crippen molar-refractivity contribution in [1.82, 2.24) is 4.98 Å². The van der Waals surface area contributed by atoms with E-state index in [-0.39, 0.29) is 18.4 Å². The van der Waals surface area contributed by atoms with Crippen LogP contribution in [-0.2, 0) is 4.79 Å². The zero-order valence-corrected chi connectivity index (χ0v) is 19.1. The molecule has 162 valence electrons. The lowest BCUT2D eigenvalue weighted by molar-refractivity contribution is -0.127. The van der Waals surface area contributed by atoms with Gasteiger partial charge in [-0.25, -0.2) is 4.98 Å². The maximum absolute atomic E-state index is 13.1. The SMILES string of the molecule is CC(C)CCN1C(=O)C(C)(C)COc2cc(NC(=O)c3ccc4ncsc4c3)ccc21. The van der Waals surface area contributed by atoms with Crippen LogP contribution in [0.3, 0.4) is 0 Å². The van der Waals surface area contributed by atoms with Crippen LogP contribution in [0.4, 0.5) is 11.4 Å². The molecule has 1 N–H and O–H groups in total. The summed E-state index contributed by atoms with van der Waals surface area (Å²) in [6.07, 6.45) is 0.903. The lowest BCUT2D eigenvalue weighted by Gasteiger charge is -2.28. The third kappa shape index (κ3) is 4.42. The molecule has 1 aliphatic rings. The molecule has 0 saturated heterocycles. The Balaban J connectivity index is 1.60. The highest BCUT2D eigenvalue weighted by atomic mass is 32.1. The number of amides is 2. The predicted octanol–water partition coefficient (Wildman–Crippen LogP) is 5.35. The monoisotopic (exact) mass is 437 g/mol. The number of carbonyl (C=O) groups excluding carboxylic acids is 2. The largest absolute Gasteiger partial charge is 0.490 e. The van der Waals surface area contributed by atoms with Gasteiger partial charge in [0.05, 0.1) is 26.8 Å². The number of carbonyl (C=O) groups is 2. The number of rotatable bonds is 5. The fourth-order valence-electron chi connectivity index (χ4n) is 3.53. The van der Waals surface area contributed by atoms with Gasteiger partial charge in [-0.05, 0) is 56.5 Å². The van der Waals surface area contributed by atoms with E-state index >= 15 is 0 Å². The number of ether oxygens (including phenoxy) is 1. The molecule has 2 aromatic carbocycles. The Morgan fingerprint density at radius 2 is 2.06 bits per heavy atom. The molecule has 6 nitrogen and oxygen atoms in total. The van der Waals surface area contributed by atoms with Crippen LogP contribution in [-0.4, -0.2) is 29.9 Å². The van der Waals surface area contributed by atoms with E-state index in [0.29, 0.717) is 29.5 Å². The van der Waals surface area contributed by atoms with Gasteiger partial charge in [0.1, 0.15) is 12.4 Å². The van der Waals surface area contributed by atoms with Gasteiger partial charge in [0.2, 0.25) is 5.91 Å². The number of nitrogens with one attached hydrogen (secondary N) is 1. The lowest BCUT2D eigenvalue weighted by atomic mass is 9.92. The van der Waals surface area contributed by atoms with Gasteiger partial charge < -0.3 is 15.0 Å². The second-order valence-corrected chi connectivity index (χ2v) is 9.87. The number of benzene rings is 2. The molecule has 0 saturated carbocycles. The fraction of sp³-hybridized carbons (Fsp3) is 0.375. The van der Waals surface area contributed by atoms with Crippen LogP contribution in [0.25, 0.3) is 10.2 Å². The smallest absolute Gasteiger partial charge is 0.255 e. The topological polar surface area (TPSA) is 71.5 Å². The van der Waals surface area contributed by atoms with Gasteiger partial charge in [-0.15, -0.1) is 11.3 Å². The molecule has 0 atom stereocenters. The second kappa shape index (κ2) is 8.30. The first-order chi connectivity index (χ1) is 14.7. The first-order valence-electron chi connectivity index (χ1n) is 10.5. The Hall–Kier alpha value is -2.93. The Morgan fingerprint density at radius 3 is 2.84 bits per heavy atom. The van der Waals surface area contributed by atoms with Crippen molar-refractivity contribution in [2.45, 2.75) is 34.1 Å². The Bertz CT molecular complexity index is 1140. The van der Waals surface area contributed by atoms with Crippen molar-refractivity contribution in [1.29, 1.82) is 0 Å². The van der Waals surface area contributed by atoms with Crippen molar-refractivity contribution in [2.24, 2.45) is 11.3 Å². The van der Waals surface area contributed by atoms with Crippen LogP contribution in [0.15, 0.2) is 41.9 Å². The highest BCUT2D eigenvalue weighted by molar-refractivity contribution is 7.16. The molecule has 1 aromatic heterocycles. The third-order valence-electron chi connectivity index (χ3n) is 5.44. The molecule has 31 heavy (non-hydrogen) atoms. The van der Waals surface area contributed by atoms with Gasteiger partial charge in [0.15, 0.2) is 0 Å². The Labute approximate surface area is 186 Å². The van der Waals surface area contributed by atoms with Crippen molar-refractivity contribution >= 4 is 44.7 Å². The van der Waals surface area contributed by atoms with Crippen molar-refractivity contribution in [2.75, 3.05) is 23.4 Å². The summed E-state index contributed by atoms with van der Waals surface area (Å²) < 4.78 is 7.00. The molecule has 0 radical (unpaired) electrons. The van der Waals surface area contributed by atoms with Crippen LogP contribution < -0.4 is 15.0 Å². The molecule has 2 amide bonds. The summed E-state index contributed by atoms with van der Waals surface area (Å²) in [5, 5.41) is 2.94. The standard InChI is InChI=1S/C24H27N3O3S/c1-15(2)9-10-27-19-8-6-17(12-20(19)30-13-24(3,4)23(27)29)26-22(28)16-5-7-18-21(11-16)31-14-25-18/h5-8,11-12,14-15H,9-10,13H2,1-4H3,(H,26,28). The summed E-state index contributed by atoms with van der Waals surface area (Å²) in [6, 6.07) is 10.9. The molecule has 0 spiro atoms. The summed E-state index contributed by atoms with van der Waals surface area (Å²) in [5.74, 6) is 0.954. The van der Waals surface area contributed by atoms with Gasteiger partial charge >= 0.3 is 0 Å². The summed E-state index contributed by atoms with van der Waals surface area (Å²) in [4.78, 5) is 32.0. The summed E-state index contributed by atoms with van der Waals surface area (Å²) in [5.41, 5.74) is 3.98. The molecule has 0 unspecified atom stereocenters. The minimum absolute atomic E-state index is 0.0570. The van der Waals surface area contributed by atoms with Crippen molar-refractivity contribution in [3.05, 3.63) is 47.5 Å². The second-order valence-electron chi connectivity index (χ2n) is 8.98. The highest BCUT2D eigenvalue weighted by Gasteiger charge is 2.37. The summed E-state index contributed by atoms with van der Waals surface area (Å²) in [7, 11) is 0. The van der Waals surface area contributed by atoms with E-state index in [0.717, 1.165) is 22.3 Å². The van der Waals surface area contributed by atoms with Crippen molar-refractivity contribution < 1.29 is 14.3 Å². The molecule has 7 heteroatoms. The van der Waals surface area contributed by atoms with Gasteiger partial charge in [-0.2, -0.15) is 0 Å². The molecule has 1 aliphatic heterocycles. The fourth-order valence-corrected chi connectivity index (χ4v) is 4.25. The maximum atomic E-state index is 13.1. The molecular weight excluding hydrogens is 410 g/mol. The van der Waals surface area contributed by atoms with E-state index in [1.165, 1.54) is 11.3 Å². The van der Waals surface area contributed by atoms with E-state index in [9.17, 15) is 9.59 Å². The normalized spacial score (nSPS) is 15.5. The van der Waals surface area contributed by atoms with Crippen LogP contribution in [0, 0.1) is 11.3 Å². The van der Waals surface area contributed by atoms with E-state index in [1.807, 2.05) is 43.0 Å². The number of aromatic nitrogens is 1. The van der Waals surface area contributed by atoms with E-state index in [1.54, 1.807) is 17.6 Å². The Morgan fingerprint density at radius 1 is 1.26 bits per heavy atom. The minimum Gasteiger partial charge on any atom is -0.490 e. The minimum atomic E-state index is -0.621. The highest BCUT2D eigenvalue weighted by Crippen LogP contribution is 2.38. The third-order valence-corrected chi connectivity index (χ3v) is 6.24. The first kappa shape index (κ1) is 21.3. The van der Waals surface area contributed by atoms with Gasteiger partial charge in [0, 0.05) is 23.9 Å². The molecule has 0 aliphatic carbocycles. The van der Waals surface area contributed by atoms with Crippen molar-refractivity contribution in [3.63, 3.8) is 0 Å². The maximum Gasteiger partial charge on any atom is 0.255 e. The van der Waals surface area contributed by atoms with Gasteiger partial charge in [0.25, 0.3) is 5.91 Å². The van der Waals surface area contributed by atoms with Crippen molar-refractivity contribution in [3.8, 4) is 5.75 Å². The number of nitrogens with zero attached hydrogens (tertiary/aromatic N) is 2. The average molecular weight is 438 g/mol. The van der Waals surface area contributed by atoms with Gasteiger partial charge in [-0.3, -0.25) is 9.59 Å². The zero-order valence-electron chi connectivity index (χ0n) is 18.3. The molecule has 0 bridgehead atoms. The molecule has 3 aromatic rings. The average Bonchev–Trinajstić information content (AvgIpc) is 3.17. The molecule has 2 heterocycles. The summed E-state index contributed by atoms with van der Waals surface area (Å²) in [6.45, 7) is 9.02. The van der Waals surface area contributed by atoms with Gasteiger partial charge in [-0.1, -0.05) is 13.8 Å². The summed E-state index contributed by atoms with van der Waals surface area (Å²) >= 11 is 1.50. The zero-order chi connectivity index (χ0) is 22.2. The molecular formula is C24H27N3O3S. The van der Waals surface area contributed by atoms with E-state index < -0.39 is 5.41 Å². The first-order valence-corrected chi connectivity index (χ1v) is 11.4. The number of anilines is 2. The van der Waals surface area contributed by atoms with E-state index in [2.05, 4.69) is 24.1 Å². The molecule has 0 fully saturated rings. The lowest BCUT2D eigenvalue weighted by Crippen LogP contribution is -2.42. The van der Waals surface area contributed by atoms with Crippen LogP contribution >= 0.6 is 11.3 Å². The number of fused-ring (bicyclic) bond motifs is 2. The van der Waals surface area contributed by atoms with Crippen LogP contribution in [0.5, 0.6) is 5.75 Å². The molecule has 4 rings (SSSR count). The van der Waals surface area contributed by atoms with E-state index in [4.69, 9.17) is 4.74 Å². The van der Waals surface area contributed by atoms with Crippen LogP contribution in [0.1, 0.15) is 44.5 Å². The Kier molecular flexibility index (Phi) is 5.71. The van der Waals surface area contributed by atoms with Crippen LogP contribution in [0.2, 0.25) is 0 Å². The quantitative estimate of drug-likeness (QED) is 0.584. The number of hydrogen-bond donors (Lipinski definition) is 1.